The number of hydrogen-bond donors (Lipinski definition) is 1. The van der Waals surface area contributed by atoms with Crippen LogP contribution in [0.5, 0.6) is 5.75 Å². The fraction of sp³-hybridized carbons (Fsp3) is 0.462. The maximum absolute atomic E-state index is 10.5. The van der Waals surface area contributed by atoms with Crippen LogP contribution in [0.1, 0.15) is 49.5 Å². The zero-order valence-electron chi connectivity index (χ0n) is 9.79. The fourth-order valence-corrected chi connectivity index (χ4v) is 1.23. The highest BCUT2D eigenvalue weighted by molar-refractivity contribution is 5.79. The van der Waals surface area contributed by atoms with E-state index >= 15 is 0 Å². The average molecular weight is 208 g/mol. The van der Waals surface area contributed by atoms with Crippen molar-refractivity contribution in [1.29, 1.82) is 0 Å². The van der Waals surface area contributed by atoms with Crippen molar-refractivity contribution in [1.82, 2.24) is 0 Å². The number of aromatic hydroxyl groups is 1. The minimum absolute atomic E-state index is 0.0650. The van der Waals surface area contributed by atoms with Crippen LogP contribution < -0.4 is 0 Å². The van der Waals surface area contributed by atoms with Crippen LogP contribution in [-0.2, 0) is 6.42 Å². The number of carbonyl (C=O) groups is 1. The minimum Gasteiger partial charge on any atom is -0.507 e. The molecule has 0 radical (unpaired) electrons. The monoisotopic (exact) mass is 208 g/mol. The standard InChI is InChI=1S/C11H14O2.C2H6/c1-2-3-4-9-5-6-11(13)10(7-9)8-12;1-2/h5-8,13H,2-4H2,1H3;1-2H3. The number of phenolic OH excluding ortho intramolecular Hbond substituents is 1. The molecule has 84 valence electrons. The molecule has 1 N–H and O–H groups in total. The number of aryl methyl sites for hydroxylation is 1. The van der Waals surface area contributed by atoms with Crippen LogP contribution in [0, 0.1) is 0 Å². The van der Waals surface area contributed by atoms with E-state index in [-0.39, 0.29) is 5.75 Å². The molecule has 0 saturated carbocycles. The van der Waals surface area contributed by atoms with E-state index in [1.807, 2.05) is 19.9 Å². The van der Waals surface area contributed by atoms with Gasteiger partial charge in [0.15, 0.2) is 6.29 Å². The van der Waals surface area contributed by atoms with Gasteiger partial charge in [0.05, 0.1) is 5.56 Å². The van der Waals surface area contributed by atoms with Crippen LogP contribution in [0.25, 0.3) is 0 Å². The number of aldehydes is 1. The Morgan fingerprint density at radius 1 is 1.33 bits per heavy atom. The minimum atomic E-state index is 0.0650. The molecule has 0 fully saturated rings. The highest BCUT2D eigenvalue weighted by Crippen LogP contribution is 2.17. The molecule has 0 unspecified atom stereocenters. The van der Waals surface area contributed by atoms with E-state index in [1.54, 1.807) is 12.1 Å². The van der Waals surface area contributed by atoms with E-state index in [0.29, 0.717) is 11.8 Å². The van der Waals surface area contributed by atoms with Crippen molar-refractivity contribution >= 4 is 6.29 Å². The van der Waals surface area contributed by atoms with Gasteiger partial charge in [-0.05, 0) is 30.5 Å². The molecule has 1 rings (SSSR count). The zero-order chi connectivity index (χ0) is 11.7. The van der Waals surface area contributed by atoms with Crippen LogP contribution >= 0.6 is 0 Å². The van der Waals surface area contributed by atoms with Gasteiger partial charge in [-0.1, -0.05) is 33.3 Å². The van der Waals surface area contributed by atoms with Crippen molar-refractivity contribution in [3.63, 3.8) is 0 Å². The molecule has 0 saturated heterocycles. The van der Waals surface area contributed by atoms with Crippen molar-refractivity contribution < 1.29 is 9.90 Å². The Morgan fingerprint density at radius 2 is 2.00 bits per heavy atom. The number of carbonyl (C=O) groups excluding carboxylic acids is 1. The quantitative estimate of drug-likeness (QED) is 0.768. The molecule has 1 aromatic carbocycles. The smallest absolute Gasteiger partial charge is 0.153 e. The van der Waals surface area contributed by atoms with Gasteiger partial charge in [0.25, 0.3) is 0 Å². The molecule has 0 heterocycles. The highest BCUT2D eigenvalue weighted by Gasteiger charge is 2.00. The SMILES string of the molecule is CC.CCCCc1ccc(O)c(C=O)c1. The molecule has 0 atom stereocenters. The first-order chi connectivity index (χ1) is 7.27. The molecule has 0 aromatic heterocycles. The first-order valence-electron chi connectivity index (χ1n) is 5.55. The maximum Gasteiger partial charge on any atom is 0.153 e. The van der Waals surface area contributed by atoms with E-state index in [2.05, 4.69) is 6.92 Å². The molecule has 0 aliphatic rings. The van der Waals surface area contributed by atoms with E-state index in [0.717, 1.165) is 24.8 Å². The topological polar surface area (TPSA) is 37.3 Å². The summed E-state index contributed by atoms with van der Waals surface area (Å²) in [6.45, 7) is 6.13. The summed E-state index contributed by atoms with van der Waals surface area (Å²) in [5, 5.41) is 9.23. The number of phenols is 1. The van der Waals surface area contributed by atoms with E-state index in [1.165, 1.54) is 0 Å². The first-order valence-corrected chi connectivity index (χ1v) is 5.55. The van der Waals surface area contributed by atoms with Gasteiger partial charge in [0.1, 0.15) is 5.75 Å². The van der Waals surface area contributed by atoms with Crippen LogP contribution in [0.3, 0.4) is 0 Å². The number of unbranched alkanes of at least 4 members (excludes halogenated alkanes) is 1. The summed E-state index contributed by atoms with van der Waals surface area (Å²) in [5.41, 5.74) is 1.50. The lowest BCUT2D eigenvalue weighted by atomic mass is 10.1. The molecular weight excluding hydrogens is 188 g/mol. The summed E-state index contributed by atoms with van der Waals surface area (Å²) in [4.78, 5) is 10.5. The lowest BCUT2D eigenvalue weighted by Gasteiger charge is -2.02. The Hall–Kier alpha value is -1.31. The third-order valence-electron chi connectivity index (χ3n) is 2.04. The fourth-order valence-electron chi connectivity index (χ4n) is 1.23. The van der Waals surface area contributed by atoms with Gasteiger partial charge >= 0.3 is 0 Å². The van der Waals surface area contributed by atoms with Crippen LogP contribution in [-0.4, -0.2) is 11.4 Å². The third-order valence-corrected chi connectivity index (χ3v) is 2.04. The zero-order valence-corrected chi connectivity index (χ0v) is 9.79. The number of hydrogen-bond acceptors (Lipinski definition) is 2. The molecule has 0 bridgehead atoms. The number of benzene rings is 1. The summed E-state index contributed by atoms with van der Waals surface area (Å²) in [6, 6.07) is 5.19. The molecule has 1 aromatic rings. The van der Waals surface area contributed by atoms with Crippen molar-refractivity contribution in [3.05, 3.63) is 29.3 Å². The molecular formula is C13H20O2. The van der Waals surface area contributed by atoms with Crippen molar-refractivity contribution in [3.8, 4) is 5.75 Å². The van der Waals surface area contributed by atoms with Crippen LogP contribution in [0.15, 0.2) is 18.2 Å². The van der Waals surface area contributed by atoms with Crippen molar-refractivity contribution in [2.24, 2.45) is 0 Å². The molecule has 15 heavy (non-hydrogen) atoms. The summed E-state index contributed by atoms with van der Waals surface area (Å²) in [6.07, 6.45) is 3.91. The van der Waals surface area contributed by atoms with Gasteiger partial charge in [0.2, 0.25) is 0 Å². The summed E-state index contributed by atoms with van der Waals surface area (Å²) < 4.78 is 0. The largest absolute Gasteiger partial charge is 0.507 e. The molecule has 2 nitrogen and oxygen atoms in total. The molecule has 0 aliphatic heterocycles. The van der Waals surface area contributed by atoms with E-state index in [9.17, 15) is 9.90 Å². The summed E-state index contributed by atoms with van der Waals surface area (Å²) >= 11 is 0. The second kappa shape index (κ2) is 8.04. The Kier molecular flexibility index (Phi) is 7.33. The second-order valence-corrected chi connectivity index (χ2v) is 3.11. The summed E-state index contributed by atoms with van der Waals surface area (Å²) in [7, 11) is 0. The van der Waals surface area contributed by atoms with E-state index < -0.39 is 0 Å². The lowest BCUT2D eigenvalue weighted by Crippen LogP contribution is -1.88. The van der Waals surface area contributed by atoms with Crippen LogP contribution in [0.2, 0.25) is 0 Å². The maximum atomic E-state index is 10.5. The number of rotatable bonds is 4. The first kappa shape index (κ1) is 13.7. The van der Waals surface area contributed by atoms with Gasteiger partial charge in [0, 0.05) is 0 Å². The predicted molar refractivity (Wildman–Crippen MR) is 63.5 cm³/mol. The van der Waals surface area contributed by atoms with Gasteiger partial charge < -0.3 is 5.11 Å². The van der Waals surface area contributed by atoms with Crippen molar-refractivity contribution in [2.45, 2.75) is 40.0 Å². The highest BCUT2D eigenvalue weighted by atomic mass is 16.3. The molecule has 0 amide bonds. The normalized spacial score (nSPS) is 9.00. The van der Waals surface area contributed by atoms with Crippen molar-refractivity contribution in [2.75, 3.05) is 0 Å². The average Bonchev–Trinajstić information content (AvgIpc) is 2.30. The van der Waals surface area contributed by atoms with Gasteiger partial charge in [-0.3, -0.25) is 4.79 Å². The Labute approximate surface area is 91.9 Å². The van der Waals surface area contributed by atoms with Crippen LogP contribution in [0.4, 0.5) is 0 Å². The van der Waals surface area contributed by atoms with E-state index in [4.69, 9.17) is 0 Å². The molecule has 2 heteroatoms. The van der Waals surface area contributed by atoms with Gasteiger partial charge in [-0.15, -0.1) is 0 Å². The molecule has 0 spiro atoms. The Morgan fingerprint density at radius 3 is 2.53 bits per heavy atom. The predicted octanol–water partition coefficient (Wildman–Crippen LogP) is 3.57. The van der Waals surface area contributed by atoms with Gasteiger partial charge in [-0.2, -0.15) is 0 Å². The van der Waals surface area contributed by atoms with Gasteiger partial charge in [-0.25, -0.2) is 0 Å². The Balaban J connectivity index is 0.000000921. The molecule has 0 aliphatic carbocycles. The third kappa shape index (κ3) is 4.63. The lowest BCUT2D eigenvalue weighted by molar-refractivity contribution is 0.112. The Bertz CT molecular complexity index is 293. The summed E-state index contributed by atoms with van der Waals surface area (Å²) in [5.74, 6) is 0.0650. The second-order valence-electron chi connectivity index (χ2n) is 3.11.